The van der Waals surface area contributed by atoms with Gasteiger partial charge < -0.3 is 5.32 Å². The lowest BCUT2D eigenvalue weighted by atomic mass is 9.93. The molecule has 0 saturated carbocycles. The Morgan fingerprint density at radius 3 is 2.48 bits per heavy atom. The van der Waals surface area contributed by atoms with E-state index in [0.717, 1.165) is 6.54 Å². The summed E-state index contributed by atoms with van der Waals surface area (Å²) in [6.07, 6.45) is 3.63. The standard InChI is InChI=1S/C19H27NS/c1-15(2)20-14-18(10-11-19-5-4-12-21-19)13-17-8-6-16(3)7-9-17/h4-9,12,15,18,20H,10-11,13-14H2,1-3H3. The summed E-state index contributed by atoms with van der Waals surface area (Å²) in [5.74, 6) is 0.706. The van der Waals surface area contributed by atoms with E-state index in [1.807, 2.05) is 11.3 Å². The SMILES string of the molecule is Cc1ccc(CC(CCc2cccs2)CNC(C)C)cc1. The summed E-state index contributed by atoms with van der Waals surface area (Å²) < 4.78 is 0. The average Bonchev–Trinajstić information content (AvgIpc) is 2.97. The van der Waals surface area contributed by atoms with Crippen LogP contribution >= 0.6 is 11.3 Å². The minimum atomic E-state index is 0.562. The number of aryl methyl sites for hydroxylation is 2. The highest BCUT2D eigenvalue weighted by Crippen LogP contribution is 2.18. The van der Waals surface area contributed by atoms with Gasteiger partial charge in [0, 0.05) is 10.9 Å². The maximum atomic E-state index is 3.61. The normalized spacial score (nSPS) is 12.8. The zero-order valence-corrected chi connectivity index (χ0v) is 14.2. The largest absolute Gasteiger partial charge is 0.314 e. The maximum Gasteiger partial charge on any atom is 0.00453 e. The van der Waals surface area contributed by atoms with Crippen molar-refractivity contribution >= 4 is 11.3 Å². The first-order valence-corrected chi connectivity index (χ1v) is 8.82. The summed E-state index contributed by atoms with van der Waals surface area (Å²) in [7, 11) is 0. The fraction of sp³-hybridized carbons (Fsp3) is 0.474. The van der Waals surface area contributed by atoms with Gasteiger partial charge in [0.2, 0.25) is 0 Å². The quantitative estimate of drug-likeness (QED) is 0.735. The second-order valence-electron chi connectivity index (χ2n) is 6.24. The molecule has 1 N–H and O–H groups in total. The molecule has 2 rings (SSSR count). The minimum Gasteiger partial charge on any atom is -0.314 e. The third kappa shape index (κ3) is 6.03. The lowest BCUT2D eigenvalue weighted by Crippen LogP contribution is -2.30. The molecule has 1 aromatic heterocycles. The molecule has 1 unspecified atom stereocenters. The van der Waals surface area contributed by atoms with E-state index in [0.29, 0.717) is 12.0 Å². The predicted octanol–water partition coefficient (Wildman–Crippen LogP) is 4.85. The first-order valence-electron chi connectivity index (χ1n) is 7.95. The third-order valence-corrected chi connectivity index (χ3v) is 4.78. The molecule has 1 atom stereocenters. The van der Waals surface area contributed by atoms with Crippen LogP contribution in [0.25, 0.3) is 0 Å². The number of thiophene rings is 1. The first-order chi connectivity index (χ1) is 10.1. The van der Waals surface area contributed by atoms with Crippen LogP contribution < -0.4 is 5.32 Å². The maximum absolute atomic E-state index is 3.61. The molecule has 0 amide bonds. The van der Waals surface area contributed by atoms with E-state index in [1.165, 1.54) is 35.3 Å². The molecule has 0 saturated heterocycles. The molecule has 0 fully saturated rings. The zero-order chi connectivity index (χ0) is 15.1. The van der Waals surface area contributed by atoms with Gasteiger partial charge in [-0.05, 0) is 55.7 Å². The summed E-state index contributed by atoms with van der Waals surface area (Å²) in [6, 6.07) is 14.0. The molecular formula is C19H27NS. The van der Waals surface area contributed by atoms with E-state index in [4.69, 9.17) is 0 Å². The molecule has 0 aliphatic rings. The van der Waals surface area contributed by atoms with Crippen LogP contribution in [0.5, 0.6) is 0 Å². The van der Waals surface area contributed by atoms with Gasteiger partial charge in [0.15, 0.2) is 0 Å². The van der Waals surface area contributed by atoms with Gasteiger partial charge in [-0.3, -0.25) is 0 Å². The molecule has 1 aromatic carbocycles. The molecule has 21 heavy (non-hydrogen) atoms. The van der Waals surface area contributed by atoms with Gasteiger partial charge in [-0.15, -0.1) is 11.3 Å². The predicted molar refractivity (Wildman–Crippen MR) is 94.2 cm³/mol. The van der Waals surface area contributed by atoms with E-state index in [1.54, 1.807) is 0 Å². The highest BCUT2D eigenvalue weighted by molar-refractivity contribution is 7.09. The van der Waals surface area contributed by atoms with Crippen molar-refractivity contribution in [2.45, 2.75) is 46.1 Å². The molecule has 0 aliphatic carbocycles. The molecule has 2 aromatic rings. The van der Waals surface area contributed by atoms with Crippen molar-refractivity contribution in [2.75, 3.05) is 6.54 Å². The summed E-state index contributed by atoms with van der Waals surface area (Å²) in [5, 5.41) is 5.79. The lowest BCUT2D eigenvalue weighted by molar-refractivity contribution is 0.423. The Morgan fingerprint density at radius 2 is 1.86 bits per heavy atom. The van der Waals surface area contributed by atoms with E-state index in [-0.39, 0.29) is 0 Å². The topological polar surface area (TPSA) is 12.0 Å². The molecule has 2 heteroatoms. The van der Waals surface area contributed by atoms with Crippen molar-refractivity contribution < 1.29 is 0 Å². The Morgan fingerprint density at radius 1 is 1.10 bits per heavy atom. The number of nitrogens with one attached hydrogen (secondary N) is 1. The average molecular weight is 301 g/mol. The van der Waals surface area contributed by atoms with Crippen LogP contribution in [-0.2, 0) is 12.8 Å². The highest BCUT2D eigenvalue weighted by Gasteiger charge is 2.11. The molecule has 114 valence electrons. The Kier molecular flexibility index (Phi) is 6.47. The van der Waals surface area contributed by atoms with Crippen molar-refractivity contribution in [2.24, 2.45) is 5.92 Å². The first kappa shape index (κ1) is 16.3. The summed E-state index contributed by atoms with van der Waals surface area (Å²) in [6.45, 7) is 7.71. The van der Waals surface area contributed by atoms with Gasteiger partial charge in [-0.25, -0.2) is 0 Å². The van der Waals surface area contributed by atoms with Crippen molar-refractivity contribution in [3.05, 3.63) is 57.8 Å². The monoisotopic (exact) mass is 301 g/mol. The summed E-state index contributed by atoms with van der Waals surface area (Å²) in [5.41, 5.74) is 2.80. The van der Waals surface area contributed by atoms with E-state index in [2.05, 4.69) is 67.9 Å². The Balaban J connectivity index is 1.92. The van der Waals surface area contributed by atoms with Crippen LogP contribution in [0.4, 0.5) is 0 Å². The lowest BCUT2D eigenvalue weighted by Gasteiger charge is -2.19. The number of rotatable bonds is 8. The van der Waals surface area contributed by atoms with Crippen LogP contribution in [0.3, 0.4) is 0 Å². The highest BCUT2D eigenvalue weighted by atomic mass is 32.1. The minimum absolute atomic E-state index is 0.562. The second-order valence-corrected chi connectivity index (χ2v) is 7.27. The Bertz CT molecular complexity index is 499. The van der Waals surface area contributed by atoms with Gasteiger partial charge in [0.1, 0.15) is 0 Å². The number of hydrogen-bond donors (Lipinski definition) is 1. The van der Waals surface area contributed by atoms with Crippen molar-refractivity contribution in [1.82, 2.24) is 5.32 Å². The van der Waals surface area contributed by atoms with Gasteiger partial charge in [0.25, 0.3) is 0 Å². The van der Waals surface area contributed by atoms with E-state index >= 15 is 0 Å². The van der Waals surface area contributed by atoms with Gasteiger partial charge in [0.05, 0.1) is 0 Å². The second kappa shape index (κ2) is 8.35. The van der Waals surface area contributed by atoms with Crippen molar-refractivity contribution in [3.8, 4) is 0 Å². The molecule has 0 radical (unpaired) electrons. The fourth-order valence-electron chi connectivity index (χ4n) is 2.54. The van der Waals surface area contributed by atoms with E-state index < -0.39 is 0 Å². The molecular weight excluding hydrogens is 274 g/mol. The van der Waals surface area contributed by atoms with Crippen molar-refractivity contribution in [1.29, 1.82) is 0 Å². The number of hydrogen-bond acceptors (Lipinski definition) is 2. The molecule has 0 spiro atoms. The molecule has 0 bridgehead atoms. The molecule has 0 aliphatic heterocycles. The summed E-state index contributed by atoms with van der Waals surface area (Å²) >= 11 is 1.88. The van der Waals surface area contributed by atoms with Crippen LogP contribution in [0.1, 0.15) is 36.3 Å². The van der Waals surface area contributed by atoms with Crippen LogP contribution in [0, 0.1) is 12.8 Å². The van der Waals surface area contributed by atoms with E-state index in [9.17, 15) is 0 Å². The Labute approximate surface area is 133 Å². The van der Waals surface area contributed by atoms with Gasteiger partial charge >= 0.3 is 0 Å². The number of benzene rings is 1. The van der Waals surface area contributed by atoms with Crippen molar-refractivity contribution in [3.63, 3.8) is 0 Å². The summed E-state index contributed by atoms with van der Waals surface area (Å²) in [4.78, 5) is 1.51. The van der Waals surface area contributed by atoms with Crippen LogP contribution in [-0.4, -0.2) is 12.6 Å². The smallest absolute Gasteiger partial charge is 0.00453 e. The zero-order valence-electron chi connectivity index (χ0n) is 13.4. The fourth-order valence-corrected chi connectivity index (χ4v) is 3.26. The molecule has 1 heterocycles. The molecule has 1 nitrogen and oxygen atoms in total. The third-order valence-electron chi connectivity index (χ3n) is 3.84. The van der Waals surface area contributed by atoms with Gasteiger partial charge in [-0.2, -0.15) is 0 Å². The Hall–Kier alpha value is -1.12. The van der Waals surface area contributed by atoms with Crippen LogP contribution in [0.15, 0.2) is 41.8 Å². The van der Waals surface area contributed by atoms with Gasteiger partial charge in [-0.1, -0.05) is 49.7 Å². The van der Waals surface area contributed by atoms with Crippen LogP contribution in [0.2, 0.25) is 0 Å².